The van der Waals surface area contributed by atoms with Crippen LogP contribution in [0.5, 0.6) is 0 Å². The minimum atomic E-state index is -4.94. The number of nitrogens with zero attached hydrogens (tertiary/aromatic N) is 2. The molecule has 0 spiro atoms. The van der Waals surface area contributed by atoms with Gasteiger partial charge in [-0.3, -0.25) is 0 Å². The smallest absolute Gasteiger partial charge is 0.222 e. The van der Waals surface area contributed by atoms with Gasteiger partial charge in [-0.1, -0.05) is 84.9 Å². The third-order valence-corrected chi connectivity index (χ3v) is 11.4. The Kier molecular flexibility index (Phi) is 34.4. The summed E-state index contributed by atoms with van der Waals surface area (Å²) in [6, 6.07) is 55.1. The van der Waals surface area contributed by atoms with Gasteiger partial charge in [-0.15, -0.1) is 66.9 Å². The maximum Gasteiger partial charge on any atom is 1.00 e. The van der Waals surface area contributed by atoms with Crippen molar-refractivity contribution in [1.29, 1.82) is 0 Å². The minimum Gasteiger partial charge on any atom is -0.222 e. The van der Waals surface area contributed by atoms with E-state index in [-0.39, 0.29) is 55.4 Å². The number of rotatable bonds is 6. The van der Waals surface area contributed by atoms with Crippen molar-refractivity contribution in [2.75, 3.05) is 10.7 Å². The molecule has 0 N–H and O–H groups in total. The molecule has 20 heteroatoms. The third-order valence-electron chi connectivity index (χ3n) is 6.09. The van der Waals surface area contributed by atoms with Gasteiger partial charge in [0.15, 0.2) is 10.9 Å². The van der Waals surface area contributed by atoms with Crippen LogP contribution < -0.4 is 69.4 Å². The summed E-state index contributed by atoms with van der Waals surface area (Å²) in [5.41, 5.74) is 2.37. The Balaban J connectivity index is 0. The maximum atomic E-state index is 8.49. The molecule has 6 rings (SSSR count). The average Bonchev–Trinajstić information content (AvgIpc) is 3.14. The zero-order valence-electron chi connectivity index (χ0n) is 28.6. The molecule has 0 saturated carbocycles. The van der Waals surface area contributed by atoms with Crippen LogP contribution in [0.25, 0.3) is 0 Å². The molecule has 0 unspecified atom stereocenters. The Morgan fingerprint density at radius 3 is 0.696 bits per heavy atom. The Labute approximate surface area is 384 Å². The second-order valence-corrected chi connectivity index (χ2v) is 17.6. The number of hydrogen-bond donors (Lipinski definition) is 0. The Bertz CT molecular complexity index is 1440. The van der Waals surface area contributed by atoms with Crippen LogP contribution >= 0.6 is 62.2 Å². The molecular weight excluding hydrogens is 1080 g/mol. The molecule has 0 fully saturated rings. The summed E-state index contributed by atoms with van der Waals surface area (Å²) in [6.45, 7) is 0. The Morgan fingerprint density at radius 1 is 0.357 bits per heavy atom. The fraction of sp³-hybridized carbons (Fsp3) is 0.0556. The van der Waals surface area contributed by atoms with Gasteiger partial charge >= 0.3 is 44.8 Å². The van der Waals surface area contributed by atoms with Gasteiger partial charge in [-0.25, -0.2) is 47.2 Å². The molecule has 308 valence electrons. The van der Waals surface area contributed by atoms with E-state index in [1.165, 1.54) is 32.1 Å². The molecular formula is C36H34Ag2Cl6N2O8P2+2. The van der Waals surface area contributed by atoms with Gasteiger partial charge in [-0.2, -0.15) is 0 Å². The Hall–Kier alpha value is -1.06. The van der Waals surface area contributed by atoms with Crippen LogP contribution in [0.2, 0.25) is 0 Å². The van der Waals surface area contributed by atoms with E-state index in [0.29, 0.717) is 0 Å². The average molecular weight is 1110 g/mol. The number of halogens is 6. The van der Waals surface area contributed by atoms with Crippen LogP contribution in [-0.2, 0) is 44.8 Å². The summed E-state index contributed by atoms with van der Waals surface area (Å²) in [6.07, 6.45) is 3.76. The number of aromatic nitrogens is 2. The van der Waals surface area contributed by atoms with Gasteiger partial charge < -0.3 is 0 Å². The topological polar surface area (TPSA) is 210 Å². The summed E-state index contributed by atoms with van der Waals surface area (Å²) in [5.74, 6) is 0. The fourth-order valence-electron chi connectivity index (χ4n) is 4.37. The number of alkyl halides is 4. The van der Waals surface area contributed by atoms with Crippen molar-refractivity contribution in [3.63, 3.8) is 0 Å². The van der Waals surface area contributed by atoms with Crippen LogP contribution in [0.4, 0.5) is 0 Å². The molecule has 0 atom stereocenters. The second kappa shape index (κ2) is 33.7. The molecule has 0 bridgehead atoms. The van der Waals surface area contributed by atoms with E-state index < -0.39 is 36.3 Å². The van der Waals surface area contributed by atoms with E-state index in [9.17, 15) is 0 Å². The first-order chi connectivity index (χ1) is 25.7. The van der Waals surface area contributed by atoms with Crippen molar-refractivity contribution in [1.82, 2.24) is 9.97 Å². The number of pyridine rings is 2. The molecule has 2 heterocycles. The van der Waals surface area contributed by atoms with Crippen molar-refractivity contribution < 1.29 is 103 Å². The number of hydrogen-bond acceptors (Lipinski definition) is 10. The molecule has 0 aliphatic carbocycles. The zero-order chi connectivity index (χ0) is 40.2. The quantitative estimate of drug-likeness (QED) is 0.107. The first-order valence-electron chi connectivity index (χ1n) is 15.0. The van der Waals surface area contributed by atoms with E-state index in [2.05, 4.69) is 156 Å². The van der Waals surface area contributed by atoms with Crippen molar-refractivity contribution in [3.8, 4) is 0 Å². The maximum absolute atomic E-state index is 8.49. The molecule has 4 aromatic carbocycles. The molecule has 0 aliphatic rings. The molecule has 2 aromatic heterocycles. The van der Waals surface area contributed by atoms with Gasteiger partial charge in [0.1, 0.15) is 37.1 Å². The normalized spacial score (nSPS) is 9.96. The minimum absolute atomic E-state index is 0. The van der Waals surface area contributed by atoms with Crippen LogP contribution in [0.1, 0.15) is 0 Å². The summed E-state index contributed by atoms with van der Waals surface area (Å²) < 4.78 is 67.9. The molecule has 6 aromatic rings. The van der Waals surface area contributed by atoms with E-state index >= 15 is 0 Å². The van der Waals surface area contributed by atoms with Crippen molar-refractivity contribution in [3.05, 3.63) is 170 Å². The fourth-order valence-corrected chi connectivity index (χ4v) is 9.25. The summed E-state index contributed by atoms with van der Waals surface area (Å²) in [7, 11) is -11.9. The molecule has 0 aliphatic heterocycles. The second-order valence-electron chi connectivity index (χ2n) is 9.60. The van der Waals surface area contributed by atoms with Gasteiger partial charge in [0.2, 0.25) is 0 Å². The van der Waals surface area contributed by atoms with Crippen LogP contribution in [0.15, 0.2) is 170 Å². The molecule has 10 nitrogen and oxygen atoms in total. The summed E-state index contributed by atoms with van der Waals surface area (Å²) in [5, 5.41) is 5.88. The molecule has 56 heavy (non-hydrogen) atoms. The molecule has 0 radical (unpaired) electrons. The van der Waals surface area contributed by atoms with E-state index in [0.717, 1.165) is 0 Å². The van der Waals surface area contributed by atoms with Crippen molar-refractivity contribution in [2.45, 2.75) is 0 Å². The molecule has 0 saturated heterocycles. The predicted molar refractivity (Wildman–Crippen MR) is 202 cm³/mol. The van der Waals surface area contributed by atoms with Gasteiger partial charge in [0.25, 0.3) is 0 Å². The summed E-state index contributed by atoms with van der Waals surface area (Å²) >= 11 is 19.1. The summed E-state index contributed by atoms with van der Waals surface area (Å²) in [4.78, 5) is 9.15. The van der Waals surface area contributed by atoms with Crippen LogP contribution in [0, 0.1) is 20.5 Å². The monoisotopic (exact) mass is 1110 g/mol. The Morgan fingerprint density at radius 2 is 0.536 bits per heavy atom. The first kappa shape index (κ1) is 57.0. The van der Waals surface area contributed by atoms with E-state index in [1.807, 2.05) is 24.5 Å². The van der Waals surface area contributed by atoms with Crippen molar-refractivity contribution in [2.24, 2.45) is 0 Å². The zero-order valence-corrected chi connectivity index (χ0v) is 38.1. The molecule has 0 amide bonds. The van der Waals surface area contributed by atoms with Crippen molar-refractivity contribution >= 4 is 94.3 Å². The van der Waals surface area contributed by atoms with E-state index in [4.69, 9.17) is 83.7 Å². The largest absolute Gasteiger partial charge is 1.00 e. The van der Waals surface area contributed by atoms with Gasteiger partial charge in [0, 0.05) is 24.5 Å². The number of benzene rings is 4. The van der Waals surface area contributed by atoms with Gasteiger partial charge in [0.05, 0.1) is 10.7 Å². The third kappa shape index (κ3) is 28.4. The SMILES string of the molecule is ClCCl.ClCCl.[Ag+].[Ag+].[O-][Cl+3]([O-])([O-])[O-].[O-][Cl+3]([O-])([O-])[O-].c1ccc([PH+](c2ccccc2)c2ccccn2)cc1.c1ccc([PH+](c2ccccc2)c2ccccn2)cc1. The van der Waals surface area contributed by atoms with Crippen LogP contribution in [0.3, 0.4) is 0 Å². The van der Waals surface area contributed by atoms with Gasteiger partial charge in [-0.05, 0) is 60.7 Å². The first-order valence-corrected chi connectivity index (χ1v) is 22.6. The van der Waals surface area contributed by atoms with Crippen LogP contribution in [-0.4, -0.2) is 20.6 Å². The standard InChI is InChI=1S/2C17H14NP.2CH2Cl2.2Ag.2ClHO4/c2*1-3-9-15(10-4-1)19(16-11-5-2-6-12-16)17-13-7-8-14-18-17;2*2-1-3;;;2*2-1(3,4)5/h2*1-14H;2*1H2;;;2*(H,2,3,4,5)/q;;;;2*+1;;. The van der Waals surface area contributed by atoms with E-state index in [1.54, 1.807) is 0 Å². The predicted octanol–water partition coefficient (Wildman–Crippen LogP) is -1.53.